The van der Waals surface area contributed by atoms with E-state index >= 15 is 0 Å². The summed E-state index contributed by atoms with van der Waals surface area (Å²) in [6, 6.07) is 3.52. The van der Waals surface area contributed by atoms with Crippen molar-refractivity contribution in [2.45, 2.75) is 32.0 Å². The molecule has 3 rings (SSSR count). The molecular weight excluding hydrogens is 246 g/mol. The number of anilines is 1. The Morgan fingerprint density at radius 1 is 1.56 bits per heavy atom. The van der Waals surface area contributed by atoms with Crippen LogP contribution in [0.1, 0.15) is 24.1 Å². The van der Waals surface area contributed by atoms with Gasteiger partial charge in [-0.25, -0.2) is 0 Å². The first-order valence-corrected chi connectivity index (χ1v) is 7.15. The monoisotopic (exact) mass is 263 g/mol. The van der Waals surface area contributed by atoms with Crippen molar-refractivity contribution in [3.8, 4) is 0 Å². The van der Waals surface area contributed by atoms with Gasteiger partial charge < -0.3 is 14.6 Å². The van der Waals surface area contributed by atoms with Gasteiger partial charge in [0.1, 0.15) is 6.26 Å². The molecule has 1 fully saturated rings. The lowest BCUT2D eigenvalue weighted by atomic mass is 10.3. The lowest BCUT2D eigenvalue weighted by Gasteiger charge is -2.12. The van der Waals surface area contributed by atoms with E-state index in [1.165, 1.54) is 18.4 Å². The molecule has 2 aromatic heterocycles. The van der Waals surface area contributed by atoms with Crippen molar-refractivity contribution in [1.29, 1.82) is 0 Å². The Bertz CT molecular complexity index is 490. The molecule has 96 valence electrons. The van der Waals surface area contributed by atoms with Crippen LogP contribution < -0.4 is 10.2 Å². The Morgan fingerprint density at radius 2 is 2.44 bits per heavy atom. The summed E-state index contributed by atoms with van der Waals surface area (Å²) in [6.45, 7) is 1.64. The van der Waals surface area contributed by atoms with Crippen LogP contribution in [0.4, 0.5) is 6.01 Å². The summed E-state index contributed by atoms with van der Waals surface area (Å²) in [6.07, 6.45) is 4.33. The Labute approximate surface area is 111 Å². The van der Waals surface area contributed by atoms with E-state index < -0.39 is 0 Å². The third-order valence-corrected chi connectivity index (χ3v) is 3.75. The predicted octanol–water partition coefficient (Wildman–Crippen LogP) is 2.62. The Balaban J connectivity index is 1.57. The highest BCUT2D eigenvalue weighted by atomic mass is 32.1. The standard InChI is InChI=1S/C13H17N3OS/c1-16(7-10-4-5-18-9-10)13-15-12(8-17-13)6-14-11-2-3-11/h4-5,8-9,11,14H,2-3,6-7H2,1H3. The third-order valence-electron chi connectivity index (χ3n) is 3.02. The van der Waals surface area contributed by atoms with Gasteiger partial charge >= 0.3 is 0 Å². The normalized spacial score (nSPS) is 14.9. The van der Waals surface area contributed by atoms with Gasteiger partial charge in [0, 0.05) is 26.2 Å². The van der Waals surface area contributed by atoms with Crippen LogP contribution in [0, 0.1) is 0 Å². The largest absolute Gasteiger partial charge is 0.432 e. The predicted molar refractivity (Wildman–Crippen MR) is 72.8 cm³/mol. The number of oxazole rings is 1. The van der Waals surface area contributed by atoms with E-state index in [0.29, 0.717) is 12.1 Å². The maximum atomic E-state index is 5.51. The molecule has 0 spiro atoms. The number of aromatic nitrogens is 1. The average molecular weight is 263 g/mol. The summed E-state index contributed by atoms with van der Waals surface area (Å²) >= 11 is 1.71. The second kappa shape index (κ2) is 5.12. The van der Waals surface area contributed by atoms with Gasteiger partial charge in [-0.15, -0.1) is 0 Å². The fourth-order valence-corrected chi connectivity index (χ4v) is 2.47. The van der Waals surface area contributed by atoms with Crippen molar-refractivity contribution >= 4 is 17.4 Å². The Kier molecular flexibility index (Phi) is 3.34. The van der Waals surface area contributed by atoms with E-state index in [1.807, 2.05) is 11.9 Å². The average Bonchev–Trinajstić information content (AvgIpc) is 2.88. The highest BCUT2D eigenvalue weighted by Gasteiger charge is 2.20. The van der Waals surface area contributed by atoms with Gasteiger partial charge in [-0.3, -0.25) is 0 Å². The van der Waals surface area contributed by atoms with Gasteiger partial charge in [0.25, 0.3) is 6.01 Å². The van der Waals surface area contributed by atoms with Crippen LogP contribution in [-0.2, 0) is 13.1 Å². The van der Waals surface area contributed by atoms with Crippen LogP contribution in [0.3, 0.4) is 0 Å². The second-order valence-electron chi connectivity index (χ2n) is 4.76. The van der Waals surface area contributed by atoms with E-state index in [-0.39, 0.29) is 0 Å². The molecule has 1 aliphatic rings. The summed E-state index contributed by atoms with van der Waals surface area (Å²) in [5, 5.41) is 7.67. The zero-order valence-corrected chi connectivity index (χ0v) is 11.2. The molecule has 1 saturated carbocycles. The smallest absolute Gasteiger partial charge is 0.297 e. The molecule has 0 bridgehead atoms. The number of thiophene rings is 1. The molecule has 1 N–H and O–H groups in total. The number of nitrogens with one attached hydrogen (secondary N) is 1. The maximum Gasteiger partial charge on any atom is 0.297 e. The molecule has 5 heteroatoms. The minimum Gasteiger partial charge on any atom is -0.432 e. The molecule has 0 aromatic carbocycles. The van der Waals surface area contributed by atoms with Gasteiger partial charge in [0.05, 0.1) is 5.69 Å². The molecule has 4 nitrogen and oxygen atoms in total. The van der Waals surface area contributed by atoms with Crippen molar-refractivity contribution in [1.82, 2.24) is 10.3 Å². The van der Waals surface area contributed by atoms with E-state index in [9.17, 15) is 0 Å². The summed E-state index contributed by atoms with van der Waals surface area (Å²) in [7, 11) is 2.00. The van der Waals surface area contributed by atoms with Crippen LogP contribution in [0.2, 0.25) is 0 Å². The quantitative estimate of drug-likeness (QED) is 0.870. The van der Waals surface area contributed by atoms with Crippen molar-refractivity contribution in [2.75, 3.05) is 11.9 Å². The molecule has 0 saturated heterocycles. The van der Waals surface area contributed by atoms with Crippen molar-refractivity contribution in [3.63, 3.8) is 0 Å². The third kappa shape index (κ3) is 2.91. The molecule has 2 heterocycles. The molecular formula is C13H17N3OS. The van der Waals surface area contributed by atoms with Gasteiger partial charge in [-0.2, -0.15) is 16.3 Å². The topological polar surface area (TPSA) is 41.3 Å². The molecule has 0 radical (unpaired) electrons. The molecule has 0 atom stereocenters. The van der Waals surface area contributed by atoms with Crippen LogP contribution in [-0.4, -0.2) is 18.1 Å². The summed E-state index contributed by atoms with van der Waals surface area (Å²) in [5.74, 6) is 0. The lowest BCUT2D eigenvalue weighted by molar-refractivity contribution is 0.542. The van der Waals surface area contributed by atoms with Crippen LogP contribution >= 0.6 is 11.3 Å². The van der Waals surface area contributed by atoms with E-state index in [1.54, 1.807) is 17.6 Å². The number of nitrogens with zero attached hydrogens (tertiary/aromatic N) is 2. The Morgan fingerprint density at radius 3 is 3.17 bits per heavy atom. The van der Waals surface area contributed by atoms with Crippen molar-refractivity contribution in [2.24, 2.45) is 0 Å². The molecule has 0 unspecified atom stereocenters. The second-order valence-corrected chi connectivity index (χ2v) is 5.54. The van der Waals surface area contributed by atoms with Gasteiger partial charge in [-0.05, 0) is 35.2 Å². The van der Waals surface area contributed by atoms with Crippen LogP contribution in [0.25, 0.3) is 0 Å². The molecule has 1 aliphatic carbocycles. The minimum atomic E-state index is 0.689. The first kappa shape index (κ1) is 11.7. The number of hydrogen-bond acceptors (Lipinski definition) is 5. The summed E-state index contributed by atoms with van der Waals surface area (Å²) < 4.78 is 5.51. The van der Waals surface area contributed by atoms with Gasteiger partial charge in [0.15, 0.2) is 0 Å². The highest BCUT2D eigenvalue weighted by Crippen LogP contribution is 2.20. The fourth-order valence-electron chi connectivity index (χ4n) is 1.81. The molecule has 18 heavy (non-hydrogen) atoms. The molecule has 0 aliphatic heterocycles. The molecule has 2 aromatic rings. The first-order valence-electron chi connectivity index (χ1n) is 6.21. The van der Waals surface area contributed by atoms with Crippen LogP contribution in [0.5, 0.6) is 0 Å². The highest BCUT2D eigenvalue weighted by molar-refractivity contribution is 7.07. The molecule has 0 amide bonds. The maximum absolute atomic E-state index is 5.51. The van der Waals surface area contributed by atoms with E-state index in [4.69, 9.17) is 4.42 Å². The van der Waals surface area contributed by atoms with Gasteiger partial charge in [0.2, 0.25) is 0 Å². The number of hydrogen-bond donors (Lipinski definition) is 1. The van der Waals surface area contributed by atoms with Gasteiger partial charge in [-0.1, -0.05) is 0 Å². The summed E-state index contributed by atoms with van der Waals surface area (Å²) in [5.41, 5.74) is 2.27. The SMILES string of the molecule is CN(Cc1ccsc1)c1nc(CNC2CC2)co1. The summed E-state index contributed by atoms with van der Waals surface area (Å²) in [4.78, 5) is 6.52. The van der Waals surface area contributed by atoms with Crippen LogP contribution in [0.15, 0.2) is 27.5 Å². The zero-order chi connectivity index (χ0) is 12.4. The van der Waals surface area contributed by atoms with E-state index in [0.717, 1.165) is 18.8 Å². The van der Waals surface area contributed by atoms with Crippen molar-refractivity contribution in [3.05, 3.63) is 34.3 Å². The minimum absolute atomic E-state index is 0.689. The number of rotatable bonds is 6. The van der Waals surface area contributed by atoms with E-state index in [2.05, 4.69) is 27.1 Å². The lowest BCUT2D eigenvalue weighted by Crippen LogP contribution is -2.17. The first-order chi connectivity index (χ1) is 8.81. The Hall–Kier alpha value is -1.33. The fraction of sp³-hybridized carbons (Fsp3) is 0.462. The zero-order valence-electron chi connectivity index (χ0n) is 10.4. The van der Waals surface area contributed by atoms with Crippen molar-refractivity contribution < 1.29 is 4.42 Å².